The highest BCUT2D eigenvalue weighted by atomic mass is 19.1. The molecule has 0 fully saturated rings. The lowest BCUT2D eigenvalue weighted by molar-refractivity contribution is 0.354. The predicted octanol–water partition coefficient (Wildman–Crippen LogP) is 4.21. The fourth-order valence-electron chi connectivity index (χ4n) is 3.08. The largest absolute Gasteiger partial charge is 0.493 e. The molecule has 2 heterocycles. The molecule has 1 aliphatic heterocycles. The Bertz CT molecular complexity index is 1190. The van der Waals surface area contributed by atoms with Crippen molar-refractivity contribution in [3.8, 4) is 11.5 Å². The average molecular weight is 412 g/mol. The molecule has 6 heteroatoms. The highest BCUT2D eigenvalue weighted by Gasteiger charge is 2.11. The van der Waals surface area contributed by atoms with E-state index in [9.17, 15) is 4.39 Å². The lowest BCUT2D eigenvalue weighted by Crippen LogP contribution is -2.09. The van der Waals surface area contributed by atoms with Gasteiger partial charge in [0.1, 0.15) is 5.83 Å². The van der Waals surface area contributed by atoms with Gasteiger partial charge in [-0.2, -0.15) is 5.10 Å². The van der Waals surface area contributed by atoms with Crippen LogP contribution in [0.1, 0.15) is 33.4 Å². The number of halogens is 1. The monoisotopic (exact) mass is 411 g/mol. The molecule has 5 nitrogen and oxygen atoms in total. The molecular formula is C24H30FN3O2. The number of aromatic nitrogens is 2. The number of H-pyrrole nitrogens is 1. The van der Waals surface area contributed by atoms with Gasteiger partial charge in [0.15, 0.2) is 17.0 Å². The number of hydrogen-bond acceptors (Lipinski definition) is 4. The molecule has 1 aliphatic rings. The summed E-state index contributed by atoms with van der Waals surface area (Å²) >= 11 is 0. The van der Waals surface area contributed by atoms with E-state index in [1.54, 1.807) is 33.3 Å². The number of aromatic amines is 1. The molecule has 1 aromatic carbocycles. The van der Waals surface area contributed by atoms with Crippen LogP contribution in [0.25, 0.3) is 6.08 Å². The Labute approximate surface area is 176 Å². The summed E-state index contributed by atoms with van der Waals surface area (Å²) in [5.74, 6) is 1.01. The molecule has 1 unspecified atom stereocenters. The Hall–Kier alpha value is -3.15. The Morgan fingerprint density at radius 1 is 1.17 bits per heavy atom. The summed E-state index contributed by atoms with van der Waals surface area (Å²) in [6.07, 6.45) is 8.71. The fraction of sp³-hybridized carbons (Fsp3) is 0.333. The topological polar surface area (TPSA) is 59.5 Å². The summed E-state index contributed by atoms with van der Waals surface area (Å²) in [6, 6.07) is 3.57. The zero-order valence-electron chi connectivity index (χ0n) is 18.7. The molecule has 0 aliphatic carbocycles. The molecule has 30 heavy (non-hydrogen) atoms. The van der Waals surface area contributed by atoms with Gasteiger partial charge in [-0.05, 0) is 61.1 Å². The van der Waals surface area contributed by atoms with Crippen molar-refractivity contribution in [1.29, 1.82) is 0 Å². The van der Waals surface area contributed by atoms with Gasteiger partial charge in [0, 0.05) is 5.22 Å². The van der Waals surface area contributed by atoms with E-state index in [-0.39, 0.29) is 11.9 Å². The zero-order valence-corrected chi connectivity index (χ0v) is 18.7. The third-order valence-corrected chi connectivity index (χ3v) is 4.74. The maximum absolute atomic E-state index is 13.9. The standard InChI is InChI=1S/C22H24FN3O2.C2H6/c1-6-13(2)18(23)9-7-8-16-10-15-11-19(27-4)20(28-5)12-17(15)21-14(3)25-26-22(21)24-16;1-2/h6-12,16H,1-5H3,(H,24,26);1-2H3/b8-7+,13-6-,18-9+;. The van der Waals surface area contributed by atoms with E-state index in [1.807, 2.05) is 52.0 Å². The summed E-state index contributed by atoms with van der Waals surface area (Å²) in [6.45, 7) is 9.47. The zero-order chi connectivity index (χ0) is 22.3. The summed E-state index contributed by atoms with van der Waals surface area (Å²) in [4.78, 5) is 4.74. The number of nitrogens with zero attached hydrogens (tertiary/aromatic N) is 2. The first-order chi connectivity index (χ1) is 14.5. The molecule has 3 rings (SSSR count). The first-order valence-electron chi connectivity index (χ1n) is 10.0. The van der Waals surface area contributed by atoms with Gasteiger partial charge in [-0.25, -0.2) is 4.39 Å². The second-order valence-electron chi connectivity index (χ2n) is 6.48. The lowest BCUT2D eigenvalue weighted by atomic mass is 10.1. The van der Waals surface area contributed by atoms with Crippen LogP contribution in [0.4, 0.5) is 4.39 Å². The maximum atomic E-state index is 13.9. The van der Waals surface area contributed by atoms with Crippen molar-refractivity contribution < 1.29 is 13.9 Å². The molecule has 0 saturated carbocycles. The fourth-order valence-corrected chi connectivity index (χ4v) is 3.08. The second-order valence-corrected chi connectivity index (χ2v) is 6.48. The van der Waals surface area contributed by atoms with Crippen LogP contribution in [-0.4, -0.2) is 30.5 Å². The Balaban J connectivity index is 0.00000155. The highest BCUT2D eigenvalue weighted by molar-refractivity contribution is 5.47. The van der Waals surface area contributed by atoms with Gasteiger partial charge in [0.2, 0.25) is 0 Å². The maximum Gasteiger partial charge on any atom is 0.161 e. The summed E-state index contributed by atoms with van der Waals surface area (Å²) in [5, 5.41) is 10.1. The van der Waals surface area contributed by atoms with Gasteiger partial charge in [0.05, 0.1) is 26.0 Å². The third-order valence-electron chi connectivity index (χ3n) is 4.74. The Kier molecular flexibility index (Phi) is 8.16. The van der Waals surface area contributed by atoms with Crippen molar-refractivity contribution in [1.82, 2.24) is 10.2 Å². The van der Waals surface area contributed by atoms with E-state index in [0.29, 0.717) is 22.6 Å². The van der Waals surface area contributed by atoms with Gasteiger partial charge in [-0.3, -0.25) is 10.1 Å². The van der Waals surface area contributed by atoms with Gasteiger partial charge in [-0.15, -0.1) is 0 Å². The number of hydrogen-bond donors (Lipinski definition) is 1. The van der Waals surface area contributed by atoms with Crippen LogP contribution in [0, 0.1) is 17.4 Å². The molecule has 0 spiro atoms. The van der Waals surface area contributed by atoms with E-state index in [0.717, 1.165) is 21.3 Å². The molecule has 2 aromatic rings. The van der Waals surface area contributed by atoms with E-state index < -0.39 is 0 Å². The van der Waals surface area contributed by atoms with Crippen molar-refractivity contribution in [3.05, 3.63) is 74.7 Å². The van der Waals surface area contributed by atoms with Crippen molar-refractivity contribution in [3.63, 3.8) is 0 Å². The SMILES string of the molecule is CC.C\C=C(C)/C(F)=C\C=C\C1C=c2cc(OC)c(OC)cc2=c2c(C)n[nH]c2=N1. The highest BCUT2D eigenvalue weighted by Crippen LogP contribution is 2.24. The number of fused-ring (bicyclic) bond motifs is 2. The predicted molar refractivity (Wildman–Crippen MR) is 119 cm³/mol. The first-order valence-corrected chi connectivity index (χ1v) is 10.0. The van der Waals surface area contributed by atoms with Crippen LogP contribution in [-0.2, 0) is 0 Å². The van der Waals surface area contributed by atoms with Gasteiger partial charge in [0.25, 0.3) is 0 Å². The number of allylic oxidation sites excluding steroid dienone is 5. The number of ether oxygens (including phenoxy) is 2. The minimum absolute atomic E-state index is 0.266. The average Bonchev–Trinajstić information content (AvgIpc) is 3.05. The number of benzene rings is 1. The van der Waals surface area contributed by atoms with Crippen molar-refractivity contribution >= 4 is 6.08 Å². The minimum Gasteiger partial charge on any atom is -0.493 e. The van der Waals surface area contributed by atoms with E-state index in [2.05, 4.69) is 10.2 Å². The number of rotatable bonds is 5. The third kappa shape index (κ3) is 4.87. The molecule has 0 saturated heterocycles. The summed E-state index contributed by atoms with van der Waals surface area (Å²) < 4.78 is 24.9. The van der Waals surface area contributed by atoms with Crippen LogP contribution < -0.4 is 20.2 Å². The summed E-state index contributed by atoms with van der Waals surface area (Å²) in [7, 11) is 3.21. The van der Waals surface area contributed by atoms with Crippen LogP contribution in [0.2, 0.25) is 0 Å². The summed E-state index contributed by atoms with van der Waals surface area (Å²) in [5.41, 5.74) is 2.13. The molecule has 160 valence electrons. The Morgan fingerprint density at radius 3 is 2.47 bits per heavy atom. The Morgan fingerprint density at radius 2 is 1.83 bits per heavy atom. The van der Waals surface area contributed by atoms with Crippen molar-refractivity contribution in [2.75, 3.05) is 14.2 Å². The van der Waals surface area contributed by atoms with E-state index in [1.165, 1.54) is 6.08 Å². The normalized spacial score (nSPS) is 15.8. The molecule has 0 amide bonds. The number of nitrogens with one attached hydrogen (secondary N) is 1. The quantitative estimate of drug-likeness (QED) is 0.750. The van der Waals surface area contributed by atoms with Crippen molar-refractivity contribution in [2.45, 2.75) is 40.7 Å². The van der Waals surface area contributed by atoms with Crippen LogP contribution in [0.5, 0.6) is 11.5 Å². The number of methoxy groups -OCH3 is 2. The van der Waals surface area contributed by atoms with Crippen LogP contribution >= 0.6 is 0 Å². The van der Waals surface area contributed by atoms with Crippen LogP contribution in [0.3, 0.4) is 0 Å². The second kappa shape index (κ2) is 10.6. The van der Waals surface area contributed by atoms with Crippen LogP contribution in [0.15, 0.2) is 52.8 Å². The molecule has 1 aromatic heterocycles. The smallest absolute Gasteiger partial charge is 0.161 e. The van der Waals surface area contributed by atoms with Crippen molar-refractivity contribution in [2.24, 2.45) is 4.99 Å². The molecular weight excluding hydrogens is 381 g/mol. The number of aryl methyl sites for hydroxylation is 1. The molecule has 0 radical (unpaired) electrons. The van der Waals surface area contributed by atoms with Gasteiger partial charge >= 0.3 is 0 Å². The molecule has 1 atom stereocenters. The van der Waals surface area contributed by atoms with Gasteiger partial charge in [-0.1, -0.05) is 32.1 Å². The van der Waals surface area contributed by atoms with E-state index in [4.69, 9.17) is 14.5 Å². The lowest BCUT2D eigenvalue weighted by Gasteiger charge is -2.07. The first kappa shape index (κ1) is 23.1. The molecule has 0 bridgehead atoms. The minimum atomic E-state index is -0.284. The molecule has 1 N–H and O–H groups in total. The van der Waals surface area contributed by atoms with E-state index >= 15 is 0 Å². The van der Waals surface area contributed by atoms with Gasteiger partial charge < -0.3 is 9.47 Å².